The van der Waals surface area contributed by atoms with E-state index in [1.807, 2.05) is 24.4 Å². The summed E-state index contributed by atoms with van der Waals surface area (Å²) in [5.74, 6) is 0.730. The fourth-order valence-corrected chi connectivity index (χ4v) is 15.6. The highest BCUT2D eigenvalue weighted by molar-refractivity contribution is 6.17. The van der Waals surface area contributed by atoms with Crippen molar-refractivity contribution in [1.29, 1.82) is 5.26 Å². The Kier molecular flexibility index (Phi) is 10.5. The lowest BCUT2D eigenvalue weighted by molar-refractivity contribution is 1.05. The summed E-state index contributed by atoms with van der Waals surface area (Å²) in [6, 6.07) is 110. The quantitative estimate of drug-likeness (QED) is 0.160. The van der Waals surface area contributed by atoms with Crippen LogP contribution in [0.15, 0.2) is 303 Å². The van der Waals surface area contributed by atoms with Crippen molar-refractivity contribution in [2.45, 2.75) is 0 Å². The number of hydrogen-bond donors (Lipinski definition) is 0. The Hall–Kier alpha value is -12.7. The van der Waals surface area contributed by atoms with Crippen molar-refractivity contribution in [3.05, 3.63) is 309 Å². The third kappa shape index (κ3) is 7.01. The molecule has 0 amide bonds. The molecule has 8 heteroatoms. The number of fused-ring (bicyclic) bond motifs is 18. The zero-order chi connectivity index (χ0) is 60.3. The van der Waals surface area contributed by atoms with E-state index >= 15 is 0 Å². The molecule has 0 unspecified atom stereocenters. The number of nitrogens with zero attached hydrogens (tertiary/aromatic N) is 8. The predicted octanol–water partition coefficient (Wildman–Crippen LogP) is 21.2. The normalized spacial score (nSPS) is 12.1. The molecule has 0 spiro atoms. The highest BCUT2D eigenvalue weighted by atomic mass is 15.1. The lowest BCUT2D eigenvalue weighted by atomic mass is 9.99. The van der Waals surface area contributed by atoms with Gasteiger partial charge in [-0.05, 0) is 133 Å². The van der Waals surface area contributed by atoms with Gasteiger partial charge >= 0.3 is 0 Å². The van der Waals surface area contributed by atoms with E-state index < -0.39 is 0 Å². The molecule has 0 bridgehead atoms. The summed E-state index contributed by atoms with van der Waals surface area (Å²) in [6.07, 6.45) is 2.04. The topological polar surface area (TPSA) is 66.3 Å². The van der Waals surface area contributed by atoms with Crippen molar-refractivity contribution in [3.63, 3.8) is 0 Å². The Morgan fingerprint density at radius 2 is 0.489 bits per heavy atom. The van der Waals surface area contributed by atoms with Crippen LogP contribution in [0.3, 0.4) is 0 Å². The zero-order valence-electron chi connectivity index (χ0n) is 49.4. The van der Waals surface area contributed by atoms with Crippen LogP contribution < -0.4 is 0 Å². The zero-order valence-corrected chi connectivity index (χ0v) is 49.4. The molecule has 0 radical (unpaired) electrons. The third-order valence-corrected chi connectivity index (χ3v) is 19.5. The van der Waals surface area contributed by atoms with E-state index in [0.717, 1.165) is 133 Å². The minimum atomic E-state index is 0.572. The van der Waals surface area contributed by atoms with Crippen molar-refractivity contribution in [2.24, 2.45) is 0 Å². The van der Waals surface area contributed by atoms with Crippen LogP contribution in [0.25, 0.3) is 176 Å². The molecule has 426 valence electrons. The molecule has 0 N–H and O–H groups in total. The van der Waals surface area contributed by atoms with E-state index in [9.17, 15) is 5.26 Å². The van der Waals surface area contributed by atoms with Gasteiger partial charge < -0.3 is 22.8 Å². The van der Waals surface area contributed by atoms with Gasteiger partial charge in [0.15, 0.2) is 0 Å². The van der Waals surface area contributed by atoms with E-state index in [1.54, 1.807) is 0 Å². The Morgan fingerprint density at radius 1 is 0.228 bits per heavy atom. The van der Waals surface area contributed by atoms with E-state index in [2.05, 4.69) is 313 Å². The van der Waals surface area contributed by atoms with Crippen molar-refractivity contribution < 1.29 is 0 Å². The molecule has 0 saturated heterocycles. The number of rotatable bonds is 7. The van der Waals surface area contributed by atoms with Crippen molar-refractivity contribution in [1.82, 2.24) is 32.4 Å². The third-order valence-electron chi connectivity index (χ3n) is 19.5. The first-order valence-corrected chi connectivity index (χ1v) is 31.2. The number of para-hydroxylation sites is 8. The Labute approximate surface area is 526 Å². The largest absolute Gasteiger partial charge is 0.309 e. The van der Waals surface area contributed by atoms with Crippen molar-refractivity contribution in [3.8, 4) is 51.5 Å². The van der Waals surface area contributed by atoms with Crippen LogP contribution in [-0.2, 0) is 0 Å². The van der Waals surface area contributed by atoms with Crippen LogP contribution >= 0.6 is 0 Å². The van der Waals surface area contributed by atoms with Crippen molar-refractivity contribution in [2.75, 3.05) is 0 Å². The number of hydrogen-bond acceptors (Lipinski definition) is 2. The van der Waals surface area contributed by atoms with E-state index in [-0.39, 0.29) is 0 Å². The maximum Gasteiger partial charge on any atom is 0.138 e. The number of benzene rings is 13. The molecule has 20 aromatic rings. The smallest absolute Gasteiger partial charge is 0.138 e. The SMILES string of the molecule is N#Cc1ccccc1-c1cc(-n2c3ccc(-n4c5ccccc5c5ccccc54)cc3c3cc(-n4c5ccccc5c5ccccc54)ccc32)ncc1-n1c2ccc(-n3c4ccccc4c4ccccc43)cc2c2cc(-n3c4ccccc4c4ccccc43)ccc21. The van der Waals surface area contributed by atoms with Gasteiger partial charge in [-0.2, -0.15) is 5.26 Å². The number of pyridine rings is 1. The van der Waals surface area contributed by atoms with Crippen LogP contribution in [0.2, 0.25) is 0 Å². The van der Waals surface area contributed by atoms with Gasteiger partial charge in [0.05, 0.1) is 89.7 Å². The molecule has 0 aliphatic rings. The summed E-state index contributed by atoms with van der Waals surface area (Å²) in [5.41, 5.74) is 20.6. The standard InChI is InChI=1S/C84H50N8/c85-50-52-19-1-2-20-57(52)70-49-84(92-81-43-39-55(89-75-33-15-7-25-62(75)63-26-8-16-34-76(63)89)47-68(81)69-48-56(40-44-82(69)92)90-77-35-17-9-27-64(77)65-28-10-18-36-78(65)90)86-51-83(70)91-79-41-37-53(87-71-29-11-3-21-58(71)59-22-4-12-30-72(59)87)45-66(79)67-46-54(38-42-80(67)91)88-73-31-13-5-23-60(73)61-24-6-14-32-74(61)88/h1-49,51H. The highest BCUT2D eigenvalue weighted by Gasteiger charge is 2.25. The van der Waals surface area contributed by atoms with Crippen LogP contribution in [0.1, 0.15) is 5.56 Å². The molecule has 7 aromatic heterocycles. The lowest BCUT2D eigenvalue weighted by Gasteiger charge is -2.17. The van der Waals surface area contributed by atoms with E-state index in [0.29, 0.717) is 5.56 Å². The molecule has 7 heterocycles. The van der Waals surface area contributed by atoms with Crippen molar-refractivity contribution >= 4 is 131 Å². The molecular formula is C84H50N8. The molecule has 8 nitrogen and oxygen atoms in total. The summed E-state index contributed by atoms with van der Waals surface area (Å²) in [4.78, 5) is 5.63. The number of aromatic nitrogens is 7. The first-order chi connectivity index (χ1) is 45.6. The summed E-state index contributed by atoms with van der Waals surface area (Å²) in [7, 11) is 0. The maximum absolute atomic E-state index is 11.1. The Morgan fingerprint density at radius 3 is 0.793 bits per heavy atom. The van der Waals surface area contributed by atoms with Gasteiger partial charge in [-0.25, -0.2) is 4.98 Å². The molecule has 0 aliphatic carbocycles. The van der Waals surface area contributed by atoms with Gasteiger partial charge in [-0.3, -0.25) is 4.57 Å². The minimum absolute atomic E-state index is 0.572. The Balaban J connectivity index is 0.857. The van der Waals surface area contributed by atoms with E-state index in [4.69, 9.17) is 4.98 Å². The van der Waals surface area contributed by atoms with Gasteiger partial charge in [-0.15, -0.1) is 0 Å². The highest BCUT2D eigenvalue weighted by Crippen LogP contribution is 2.45. The van der Waals surface area contributed by atoms with Crippen LogP contribution in [0, 0.1) is 11.3 Å². The molecule has 13 aromatic carbocycles. The second kappa shape index (κ2) is 19.2. The Bertz CT molecular complexity index is 6050. The van der Waals surface area contributed by atoms with Gasteiger partial charge in [0.25, 0.3) is 0 Å². The fourth-order valence-electron chi connectivity index (χ4n) is 15.6. The average molecular weight is 1170 g/mol. The second-order valence-corrected chi connectivity index (χ2v) is 24.2. The molecule has 0 aliphatic heterocycles. The van der Waals surface area contributed by atoms with Gasteiger partial charge in [0, 0.05) is 98.5 Å². The van der Waals surface area contributed by atoms with Crippen LogP contribution in [-0.4, -0.2) is 32.4 Å². The monoisotopic (exact) mass is 1170 g/mol. The lowest BCUT2D eigenvalue weighted by Crippen LogP contribution is -2.04. The predicted molar refractivity (Wildman–Crippen MR) is 380 cm³/mol. The summed E-state index contributed by atoms with van der Waals surface area (Å²) < 4.78 is 14.3. The minimum Gasteiger partial charge on any atom is -0.309 e. The number of nitriles is 1. The molecule has 0 fully saturated rings. The van der Waals surface area contributed by atoms with E-state index in [1.165, 1.54) is 43.1 Å². The fraction of sp³-hybridized carbons (Fsp3) is 0. The first-order valence-electron chi connectivity index (χ1n) is 31.2. The average Bonchev–Trinajstić information content (AvgIpc) is 1.56. The van der Waals surface area contributed by atoms with Gasteiger partial charge in [0.2, 0.25) is 0 Å². The van der Waals surface area contributed by atoms with Gasteiger partial charge in [-0.1, -0.05) is 164 Å². The summed E-state index contributed by atoms with van der Waals surface area (Å²) in [6.45, 7) is 0. The molecule has 0 atom stereocenters. The first kappa shape index (κ1) is 50.3. The second-order valence-electron chi connectivity index (χ2n) is 24.2. The van der Waals surface area contributed by atoms with Crippen LogP contribution in [0.4, 0.5) is 0 Å². The van der Waals surface area contributed by atoms with Crippen LogP contribution in [0.5, 0.6) is 0 Å². The maximum atomic E-state index is 11.1. The molecule has 20 rings (SSSR count). The van der Waals surface area contributed by atoms with Gasteiger partial charge in [0.1, 0.15) is 5.82 Å². The summed E-state index contributed by atoms with van der Waals surface area (Å²) >= 11 is 0. The molecule has 0 saturated carbocycles. The molecular weight excluding hydrogens is 1120 g/mol. The molecule has 92 heavy (non-hydrogen) atoms. The summed E-state index contributed by atoms with van der Waals surface area (Å²) in [5, 5.41) is 25.2.